The van der Waals surface area contributed by atoms with Crippen LogP contribution in [0.4, 0.5) is 10.5 Å². The maximum Gasteiger partial charge on any atom is 0.324 e. The van der Waals surface area contributed by atoms with Crippen LogP contribution in [0, 0.1) is 5.92 Å². The summed E-state index contributed by atoms with van der Waals surface area (Å²) in [5.41, 5.74) is 0.864. The number of carboxylic acid groups (broad SMARTS) is 1. The van der Waals surface area contributed by atoms with Gasteiger partial charge in [0.05, 0.1) is 5.92 Å². The number of carboxylic acids is 1. The first kappa shape index (κ1) is 13.9. The van der Waals surface area contributed by atoms with Gasteiger partial charge in [-0.15, -0.1) is 0 Å². The summed E-state index contributed by atoms with van der Waals surface area (Å²) in [6.07, 6.45) is 2.32. The maximum absolute atomic E-state index is 12.9. The molecule has 112 valence electrons. The zero-order chi connectivity index (χ0) is 15.0. The molecule has 0 aliphatic carbocycles. The Morgan fingerprint density at radius 1 is 1.29 bits per heavy atom. The Bertz CT molecular complexity index is 546. The van der Waals surface area contributed by atoms with Crippen molar-refractivity contribution < 1.29 is 14.7 Å². The number of amides is 2. The smallest absolute Gasteiger partial charge is 0.324 e. The van der Waals surface area contributed by atoms with Gasteiger partial charge in [0.25, 0.3) is 0 Å². The molecule has 0 saturated carbocycles. The van der Waals surface area contributed by atoms with Crippen LogP contribution in [0.15, 0.2) is 30.3 Å². The van der Waals surface area contributed by atoms with Crippen molar-refractivity contribution in [1.82, 2.24) is 4.90 Å². The van der Waals surface area contributed by atoms with Gasteiger partial charge in [-0.1, -0.05) is 18.2 Å². The molecule has 0 aromatic heterocycles. The number of carbonyl (C=O) groups is 2. The van der Waals surface area contributed by atoms with E-state index in [0.717, 1.165) is 18.5 Å². The highest BCUT2D eigenvalue weighted by molar-refractivity contribution is 5.93. The number of benzene rings is 1. The fourth-order valence-electron chi connectivity index (χ4n) is 3.73. The highest BCUT2D eigenvalue weighted by Crippen LogP contribution is 2.42. The largest absolute Gasteiger partial charge is 0.481 e. The lowest BCUT2D eigenvalue weighted by Crippen LogP contribution is -2.46. The molecule has 5 heteroatoms. The number of fused-ring (bicyclic) bond motifs is 2. The molecular weight excluding hydrogens is 268 g/mol. The summed E-state index contributed by atoms with van der Waals surface area (Å²) >= 11 is 0. The number of urea groups is 1. The molecule has 1 N–H and O–H groups in total. The summed E-state index contributed by atoms with van der Waals surface area (Å²) < 4.78 is 0. The molecule has 2 heterocycles. The first-order chi connectivity index (χ1) is 10.1. The molecule has 3 unspecified atom stereocenters. The van der Waals surface area contributed by atoms with Gasteiger partial charge in [-0.3, -0.25) is 9.69 Å². The van der Waals surface area contributed by atoms with Crippen LogP contribution in [-0.4, -0.2) is 40.6 Å². The summed E-state index contributed by atoms with van der Waals surface area (Å²) in [5.74, 6) is -1.18. The monoisotopic (exact) mass is 288 g/mol. The summed E-state index contributed by atoms with van der Waals surface area (Å²) in [5, 5.41) is 9.30. The minimum Gasteiger partial charge on any atom is -0.481 e. The van der Waals surface area contributed by atoms with E-state index in [4.69, 9.17) is 0 Å². The average molecular weight is 288 g/mol. The molecule has 2 saturated heterocycles. The second-order valence-electron chi connectivity index (χ2n) is 5.75. The lowest BCUT2D eigenvalue weighted by atomic mass is 9.89. The molecule has 2 amide bonds. The third-order valence-electron chi connectivity index (χ3n) is 4.69. The fraction of sp³-hybridized carbons (Fsp3) is 0.500. The molecule has 3 rings (SSSR count). The van der Waals surface area contributed by atoms with Crippen LogP contribution in [0.5, 0.6) is 0 Å². The van der Waals surface area contributed by atoms with E-state index < -0.39 is 11.9 Å². The second-order valence-corrected chi connectivity index (χ2v) is 5.75. The SMILES string of the molecule is CCN(C(=O)N1C2CCC1C(C(=O)O)C2)c1ccccc1. The quantitative estimate of drug-likeness (QED) is 0.930. The van der Waals surface area contributed by atoms with Crippen LogP contribution < -0.4 is 4.90 Å². The standard InChI is InChI=1S/C16H20N2O3/c1-2-17(11-6-4-3-5-7-11)16(21)18-12-8-9-14(18)13(10-12)15(19)20/h3-7,12-14H,2,8-10H2,1H3,(H,19,20). The van der Waals surface area contributed by atoms with Gasteiger partial charge < -0.3 is 10.0 Å². The molecule has 3 atom stereocenters. The third kappa shape index (κ3) is 2.26. The summed E-state index contributed by atoms with van der Waals surface area (Å²) in [7, 11) is 0. The maximum atomic E-state index is 12.9. The van der Waals surface area contributed by atoms with Crippen molar-refractivity contribution >= 4 is 17.7 Å². The molecule has 2 bridgehead atoms. The molecule has 1 aromatic carbocycles. The van der Waals surface area contributed by atoms with E-state index in [1.165, 1.54) is 0 Å². The number of hydrogen-bond donors (Lipinski definition) is 1. The van der Waals surface area contributed by atoms with Crippen molar-refractivity contribution in [2.75, 3.05) is 11.4 Å². The molecular formula is C16H20N2O3. The van der Waals surface area contributed by atoms with Crippen LogP contribution in [-0.2, 0) is 4.79 Å². The zero-order valence-electron chi connectivity index (χ0n) is 12.1. The van der Waals surface area contributed by atoms with Crippen LogP contribution in [0.2, 0.25) is 0 Å². The predicted molar refractivity (Wildman–Crippen MR) is 79.2 cm³/mol. The number of para-hydroxylation sites is 1. The Morgan fingerprint density at radius 2 is 2.00 bits per heavy atom. The van der Waals surface area contributed by atoms with Crippen molar-refractivity contribution in [3.05, 3.63) is 30.3 Å². The van der Waals surface area contributed by atoms with Gasteiger partial charge in [-0.05, 0) is 38.3 Å². The molecule has 0 radical (unpaired) electrons. The van der Waals surface area contributed by atoms with Gasteiger partial charge in [-0.25, -0.2) is 4.79 Å². The molecule has 2 aliphatic rings. The zero-order valence-corrected chi connectivity index (χ0v) is 12.1. The normalized spacial score (nSPS) is 26.9. The number of rotatable bonds is 3. The van der Waals surface area contributed by atoms with Crippen LogP contribution >= 0.6 is 0 Å². The Labute approximate surface area is 124 Å². The number of nitrogens with zero attached hydrogens (tertiary/aromatic N) is 2. The van der Waals surface area contributed by atoms with E-state index in [1.807, 2.05) is 42.2 Å². The number of aliphatic carboxylic acids is 1. The Hall–Kier alpha value is -2.04. The highest BCUT2D eigenvalue weighted by atomic mass is 16.4. The first-order valence-corrected chi connectivity index (χ1v) is 7.51. The van der Waals surface area contributed by atoms with E-state index in [0.29, 0.717) is 13.0 Å². The molecule has 2 aliphatic heterocycles. The van der Waals surface area contributed by atoms with Crippen molar-refractivity contribution in [3.8, 4) is 0 Å². The molecule has 21 heavy (non-hydrogen) atoms. The Kier molecular flexibility index (Phi) is 3.57. The average Bonchev–Trinajstić information content (AvgIpc) is 3.06. The van der Waals surface area contributed by atoms with E-state index in [1.54, 1.807) is 4.90 Å². The van der Waals surface area contributed by atoms with Gasteiger partial charge in [0.1, 0.15) is 0 Å². The van der Waals surface area contributed by atoms with Crippen molar-refractivity contribution in [2.24, 2.45) is 5.92 Å². The number of anilines is 1. The third-order valence-corrected chi connectivity index (χ3v) is 4.69. The molecule has 2 fully saturated rings. The molecule has 1 aromatic rings. The second kappa shape index (κ2) is 5.39. The topological polar surface area (TPSA) is 60.9 Å². The molecule has 0 spiro atoms. The summed E-state index contributed by atoms with van der Waals surface area (Å²) in [4.78, 5) is 27.7. The van der Waals surface area contributed by atoms with E-state index in [-0.39, 0.29) is 18.1 Å². The first-order valence-electron chi connectivity index (χ1n) is 7.51. The highest BCUT2D eigenvalue weighted by Gasteiger charge is 2.52. The number of carbonyl (C=O) groups excluding carboxylic acids is 1. The summed E-state index contributed by atoms with van der Waals surface area (Å²) in [6.45, 7) is 2.52. The van der Waals surface area contributed by atoms with Crippen LogP contribution in [0.25, 0.3) is 0 Å². The summed E-state index contributed by atoms with van der Waals surface area (Å²) in [6, 6.07) is 9.44. The van der Waals surface area contributed by atoms with Crippen LogP contribution in [0.3, 0.4) is 0 Å². The van der Waals surface area contributed by atoms with E-state index in [9.17, 15) is 14.7 Å². The van der Waals surface area contributed by atoms with Gasteiger partial charge in [0.15, 0.2) is 0 Å². The van der Waals surface area contributed by atoms with Crippen molar-refractivity contribution in [1.29, 1.82) is 0 Å². The predicted octanol–water partition coefficient (Wildman–Crippen LogP) is 2.57. The number of hydrogen-bond acceptors (Lipinski definition) is 2. The fourth-order valence-corrected chi connectivity index (χ4v) is 3.73. The van der Waals surface area contributed by atoms with Gasteiger partial charge in [0, 0.05) is 24.3 Å². The van der Waals surface area contributed by atoms with E-state index in [2.05, 4.69) is 0 Å². The Balaban J connectivity index is 1.83. The lowest BCUT2D eigenvalue weighted by molar-refractivity contribution is -0.142. The van der Waals surface area contributed by atoms with Gasteiger partial charge in [-0.2, -0.15) is 0 Å². The van der Waals surface area contributed by atoms with Crippen molar-refractivity contribution in [3.63, 3.8) is 0 Å². The minimum atomic E-state index is -0.775. The van der Waals surface area contributed by atoms with E-state index >= 15 is 0 Å². The minimum absolute atomic E-state index is 0.0556. The van der Waals surface area contributed by atoms with Crippen LogP contribution in [0.1, 0.15) is 26.2 Å². The Morgan fingerprint density at radius 3 is 2.57 bits per heavy atom. The lowest BCUT2D eigenvalue weighted by Gasteiger charge is -2.30. The van der Waals surface area contributed by atoms with Gasteiger partial charge >= 0.3 is 12.0 Å². The molecule has 5 nitrogen and oxygen atoms in total. The van der Waals surface area contributed by atoms with Crippen molar-refractivity contribution in [2.45, 2.75) is 38.3 Å². The van der Waals surface area contributed by atoms with Gasteiger partial charge in [0.2, 0.25) is 0 Å².